The van der Waals surface area contributed by atoms with Crippen LogP contribution in [0.4, 0.5) is 0 Å². The molecule has 18 heavy (non-hydrogen) atoms. The number of carbonyl (C=O) groups excluding carboxylic acids is 1. The Morgan fingerprint density at radius 3 is 3.00 bits per heavy atom. The van der Waals surface area contributed by atoms with Crippen molar-refractivity contribution in [1.29, 1.82) is 0 Å². The first-order valence-corrected chi connectivity index (χ1v) is 6.04. The Hall–Kier alpha value is -1.53. The van der Waals surface area contributed by atoms with Crippen molar-refractivity contribution in [2.45, 2.75) is 32.5 Å². The summed E-state index contributed by atoms with van der Waals surface area (Å²) < 4.78 is 10.3. The molecule has 1 heterocycles. The van der Waals surface area contributed by atoms with Gasteiger partial charge in [0.2, 0.25) is 0 Å². The molecule has 0 fully saturated rings. The van der Waals surface area contributed by atoms with Crippen LogP contribution in [-0.2, 0) is 19.1 Å². The first-order chi connectivity index (χ1) is 8.63. The molecule has 6 heteroatoms. The number of fused-ring (bicyclic) bond motifs is 1. The molecule has 0 saturated carbocycles. The van der Waals surface area contributed by atoms with E-state index in [4.69, 9.17) is 14.3 Å². The summed E-state index contributed by atoms with van der Waals surface area (Å²) in [6, 6.07) is 0. The number of ether oxygens (including phenoxy) is 2. The third kappa shape index (κ3) is 1.97. The molecule has 1 aliphatic carbocycles. The van der Waals surface area contributed by atoms with Crippen molar-refractivity contribution in [2.24, 2.45) is 0 Å². The zero-order valence-corrected chi connectivity index (χ0v) is 10.5. The van der Waals surface area contributed by atoms with Crippen LogP contribution in [0.25, 0.3) is 0 Å². The van der Waals surface area contributed by atoms with Crippen LogP contribution in [0.1, 0.15) is 26.7 Å². The van der Waals surface area contributed by atoms with E-state index in [1.54, 1.807) is 13.0 Å². The Balaban J connectivity index is 2.31. The Labute approximate surface area is 105 Å². The van der Waals surface area contributed by atoms with E-state index in [2.05, 4.69) is 5.48 Å². The summed E-state index contributed by atoms with van der Waals surface area (Å²) >= 11 is 0. The van der Waals surface area contributed by atoms with Gasteiger partial charge in [0.25, 0.3) is 5.79 Å². The van der Waals surface area contributed by atoms with E-state index in [0.717, 1.165) is 0 Å². The predicted octanol–water partition coefficient (Wildman–Crippen LogP) is 0.741. The number of nitrogens with one attached hydrogen (secondary N) is 1. The van der Waals surface area contributed by atoms with Crippen molar-refractivity contribution in [3.8, 4) is 0 Å². The normalized spacial score (nSPS) is 26.3. The minimum absolute atomic E-state index is 0.171. The van der Waals surface area contributed by atoms with Crippen LogP contribution in [0, 0.1) is 0 Å². The van der Waals surface area contributed by atoms with Crippen molar-refractivity contribution in [1.82, 2.24) is 5.48 Å². The number of hydroxylamine groups is 1. The number of hydrogen-bond donors (Lipinski definition) is 2. The largest absolute Gasteiger partial charge is 0.492 e. The van der Waals surface area contributed by atoms with Crippen LogP contribution in [0.5, 0.6) is 0 Å². The van der Waals surface area contributed by atoms with Gasteiger partial charge in [-0.05, 0) is 32.8 Å². The zero-order chi connectivity index (χ0) is 13.2. The highest BCUT2D eigenvalue weighted by atomic mass is 16.8. The minimum Gasteiger partial charge on any atom is -0.492 e. The lowest BCUT2D eigenvalue weighted by Gasteiger charge is -2.29. The topological polar surface area (TPSA) is 77.0 Å². The average molecular weight is 255 g/mol. The predicted molar refractivity (Wildman–Crippen MR) is 61.8 cm³/mol. The van der Waals surface area contributed by atoms with Crippen LogP contribution in [0.15, 0.2) is 23.1 Å². The molecule has 6 nitrogen and oxygen atoms in total. The first kappa shape index (κ1) is 12.9. The lowest BCUT2D eigenvalue weighted by Crippen LogP contribution is -2.38. The summed E-state index contributed by atoms with van der Waals surface area (Å²) in [7, 11) is 0. The summed E-state index contributed by atoms with van der Waals surface area (Å²) in [6.45, 7) is 4.22. The highest BCUT2D eigenvalue weighted by molar-refractivity contribution is 5.89. The fraction of sp³-hybridized carbons (Fsp3) is 0.583. The van der Waals surface area contributed by atoms with Gasteiger partial charge in [-0.3, -0.25) is 5.48 Å². The van der Waals surface area contributed by atoms with Gasteiger partial charge in [-0.1, -0.05) is 0 Å². The van der Waals surface area contributed by atoms with Gasteiger partial charge in [-0.25, -0.2) is 9.63 Å². The first-order valence-electron chi connectivity index (χ1n) is 6.04. The fourth-order valence-corrected chi connectivity index (χ4v) is 2.08. The molecular weight excluding hydrogens is 238 g/mol. The van der Waals surface area contributed by atoms with Gasteiger partial charge >= 0.3 is 5.97 Å². The molecule has 0 aromatic carbocycles. The second-order valence-corrected chi connectivity index (χ2v) is 3.96. The van der Waals surface area contributed by atoms with E-state index in [-0.39, 0.29) is 12.3 Å². The van der Waals surface area contributed by atoms with E-state index < -0.39 is 11.8 Å². The maximum absolute atomic E-state index is 11.7. The molecule has 0 aromatic heterocycles. The van der Waals surface area contributed by atoms with Crippen molar-refractivity contribution in [3.05, 3.63) is 23.1 Å². The second kappa shape index (κ2) is 4.99. The number of aliphatic hydroxyl groups is 1. The molecule has 0 saturated heterocycles. The van der Waals surface area contributed by atoms with Gasteiger partial charge in [-0.2, -0.15) is 0 Å². The Bertz CT molecular complexity index is 415. The molecule has 2 aliphatic rings. The van der Waals surface area contributed by atoms with Gasteiger partial charge in [0.15, 0.2) is 11.5 Å². The molecule has 0 bridgehead atoms. The van der Waals surface area contributed by atoms with Gasteiger partial charge in [0.1, 0.15) is 0 Å². The number of esters is 1. The Kier molecular flexibility index (Phi) is 3.58. The lowest BCUT2D eigenvalue weighted by molar-refractivity contribution is -0.189. The molecule has 100 valence electrons. The van der Waals surface area contributed by atoms with Gasteiger partial charge in [-0.15, -0.1) is 0 Å². The van der Waals surface area contributed by atoms with Crippen molar-refractivity contribution >= 4 is 5.97 Å². The lowest BCUT2D eigenvalue weighted by atomic mass is 9.92. The smallest absolute Gasteiger partial charge is 0.356 e. The summed E-state index contributed by atoms with van der Waals surface area (Å²) in [5.74, 6) is -1.89. The van der Waals surface area contributed by atoms with Crippen molar-refractivity contribution in [3.63, 3.8) is 0 Å². The van der Waals surface area contributed by atoms with Gasteiger partial charge < -0.3 is 14.6 Å². The molecule has 1 unspecified atom stereocenters. The minimum atomic E-state index is -1.68. The van der Waals surface area contributed by atoms with Crippen molar-refractivity contribution in [2.75, 3.05) is 13.2 Å². The van der Waals surface area contributed by atoms with Crippen LogP contribution < -0.4 is 5.48 Å². The number of hydrogen-bond acceptors (Lipinski definition) is 6. The second-order valence-electron chi connectivity index (χ2n) is 3.96. The molecule has 0 aromatic rings. The van der Waals surface area contributed by atoms with E-state index in [1.807, 2.05) is 6.92 Å². The molecule has 1 aliphatic heterocycles. The van der Waals surface area contributed by atoms with E-state index >= 15 is 0 Å². The fourth-order valence-electron chi connectivity index (χ4n) is 2.08. The molecule has 0 amide bonds. The molecule has 1 atom stereocenters. The summed E-state index contributed by atoms with van der Waals surface area (Å²) in [5, 5.41) is 10.4. The average Bonchev–Trinajstić information content (AvgIpc) is 2.69. The molecular formula is C12H17NO5. The van der Waals surface area contributed by atoms with E-state index in [0.29, 0.717) is 30.8 Å². The third-order valence-corrected chi connectivity index (χ3v) is 2.85. The highest BCUT2D eigenvalue weighted by Crippen LogP contribution is 2.40. The number of rotatable bonds is 4. The third-order valence-electron chi connectivity index (χ3n) is 2.85. The summed E-state index contributed by atoms with van der Waals surface area (Å²) in [6.07, 6.45) is 2.97. The number of carbonyl (C=O) groups is 1. The Morgan fingerprint density at radius 2 is 2.33 bits per heavy atom. The Morgan fingerprint density at radius 1 is 1.56 bits per heavy atom. The van der Waals surface area contributed by atoms with E-state index in [1.165, 1.54) is 0 Å². The maximum Gasteiger partial charge on any atom is 0.356 e. The molecule has 2 rings (SSSR count). The van der Waals surface area contributed by atoms with Crippen LogP contribution in [0.3, 0.4) is 0 Å². The molecule has 2 N–H and O–H groups in total. The summed E-state index contributed by atoms with van der Waals surface area (Å²) in [4.78, 5) is 16.8. The van der Waals surface area contributed by atoms with Gasteiger partial charge in [0, 0.05) is 5.57 Å². The molecule has 0 spiro atoms. The zero-order valence-electron chi connectivity index (χ0n) is 10.5. The standard InChI is InChI=1S/C12H17NO5/c1-3-16-9-7-5-6-8-10(11(14)17-4-2)13-18-12(8,9)15/h7,13,15H,3-6H2,1-2H3. The monoisotopic (exact) mass is 255 g/mol. The molecule has 0 radical (unpaired) electrons. The van der Waals surface area contributed by atoms with Gasteiger partial charge in [0.05, 0.1) is 13.2 Å². The SMILES string of the molecule is CCOC(=O)C1=C2CCC=C(OCC)C2(O)ON1. The number of allylic oxidation sites excluding steroid dienone is 1. The van der Waals surface area contributed by atoms with Crippen LogP contribution in [0.2, 0.25) is 0 Å². The van der Waals surface area contributed by atoms with Crippen LogP contribution in [-0.4, -0.2) is 30.1 Å². The van der Waals surface area contributed by atoms with Crippen LogP contribution >= 0.6 is 0 Å². The maximum atomic E-state index is 11.7. The summed E-state index contributed by atoms with van der Waals surface area (Å²) in [5.41, 5.74) is 3.08. The van der Waals surface area contributed by atoms with E-state index in [9.17, 15) is 9.90 Å². The quantitative estimate of drug-likeness (QED) is 0.722. The van der Waals surface area contributed by atoms with Crippen molar-refractivity contribution < 1.29 is 24.2 Å². The highest BCUT2D eigenvalue weighted by Gasteiger charge is 2.49.